The molecule has 2 aliphatic rings. The Balaban J connectivity index is 1.62. The molecule has 1 amide bonds. The number of likely N-dealkylation sites (tertiary alicyclic amines) is 1. The van der Waals surface area contributed by atoms with Crippen LogP contribution in [0.4, 0.5) is 4.79 Å². The van der Waals surface area contributed by atoms with Gasteiger partial charge >= 0.3 is 6.09 Å². The fourth-order valence-electron chi connectivity index (χ4n) is 3.26. The Kier molecular flexibility index (Phi) is 4.54. The summed E-state index contributed by atoms with van der Waals surface area (Å²) in [5, 5.41) is 9.00. The smallest absolute Gasteiger partial charge is 0.407 e. The highest BCUT2D eigenvalue weighted by molar-refractivity contribution is 7.86. The van der Waals surface area contributed by atoms with E-state index in [9.17, 15) is 13.2 Å². The molecule has 2 fully saturated rings. The molecule has 3 rings (SSSR count). The van der Waals surface area contributed by atoms with Gasteiger partial charge in [-0.25, -0.2) is 4.79 Å². The molecule has 2 saturated heterocycles. The number of carbonyl (C=O) groups is 1. The van der Waals surface area contributed by atoms with Crippen LogP contribution >= 0.6 is 0 Å². The summed E-state index contributed by atoms with van der Waals surface area (Å²) in [5.41, 5.74) is 0.502. The Bertz CT molecular complexity index is 707. The fraction of sp³-hybridized carbons (Fsp3) is 0.562. The molecule has 0 aromatic heterocycles. The van der Waals surface area contributed by atoms with Gasteiger partial charge in [0.1, 0.15) is 6.10 Å². The Hall–Kier alpha value is -1.64. The fourth-order valence-corrected chi connectivity index (χ4v) is 4.32. The van der Waals surface area contributed by atoms with E-state index >= 15 is 0 Å². The van der Waals surface area contributed by atoms with E-state index in [0.717, 1.165) is 5.56 Å². The molecule has 24 heavy (non-hydrogen) atoms. The van der Waals surface area contributed by atoms with Crippen molar-refractivity contribution in [2.75, 3.05) is 19.7 Å². The number of benzene rings is 1. The first kappa shape index (κ1) is 17.2. The van der Waals surface area contributed by atoms with Gasteiger partial charge in [0, 0.05) is 19.5 Å². The first-order valence-corrected chi connectivity index (χ1v) is 9.32. The molecule has 0 aliphatic carbocycles. The van der Waals surface area contributed by atoms with Crippen molar-refractivity contribution in [1.82, 2.24) is 4.90 Å². The van der Waals surface area contributed by atoms with Crippen molar-refractivity contribution in [3.63, 3.8) is 0 Å². The van der Waals surface area contributed by atoms with Crippen LogP contribution in [0.1, 0.15) is 24.8 Å². The third kappa shape index (κ3) is 3.55. The maximum atomic E-state index is 12.3. The summed E-state index contributed by atoms with van der Waals surface area (Å²) in [7, 11) is -3.82. The molecule has 2 heterocycles. The van der Waals surface area contributed by atoms with E-state index in [1.807, 2.05) is 6.92 Å². The molecule has 1 atom stereocenters. The molecule has 7 nitrogen and oxygen atoms in total. The van der Waals surface area contributed by atoms with Gasteiger partial charge in [-0.2, -0.15) is 8.42 Å². The zero-order valence-corrected chi connectivity index (χ0v) is 14.3. The summed E-state index contributed by atoms with van der Waals surface area (Å²) >= 11 is 0. The lowest BCUT2D eigenvalue weighted by atomic mass is 9.88. The zero-order chi connectivity index (χ0) is 17.4. The minimum atomic E-state index is -3.82. The Morgan fingerprint density at radius 2 is 1.92 bits per heavy atom. The molecule has 8 heteroatoms. The normalized spacial score (nSPS) is 23.5. The SMILES string of the molecule is Cc1ccc(S(=O)(=O)OC2COC3(CCN(C(=O)O)CC3)C2)cc1. The Labute approximate surface area is 141 Å². The number of hydrogen-bond acceptors (Lipinski definition) is 5. The van der Waals surface area contributed by atoms with Crippen molar-refractivity contribution in [3.8, 4) is 0 Å². The van der Waals surface area contributed by atoms with Gasteiger partial charge in [0.25, 0.3) is 10.1 Å². The number of amides is 1. The summed E-state index contributed by atoms with van der Waals surface area (Å²) in [6.07, 6.45) is 0.115. The second kappa shape index (κ2) is 6.34. The molecular weight excluding hydrogens is 334 g/mol. The zero-order valence-electron chi connectivity index (χ0n) is 13.5. The Morgan fingerprint density at radius 3 is 2.50 bits per heavy atom. The van der Waals surface area contributed by atoms with Crippen molar-refractivity contribution in [1.29, 1.82) is 0 Å². The number of nitrogens with zero attached hydrogens (tertiary/aromatic N) is 1. The maximum absolute atomic E-state index is 12.3. The van der Waals surface area contributed by atoms with Gasteiger partial charge in [-0.3, -0.25) is 4.18 Å². The van der Waals surface area contributed by atoms with Crippen LogP contribution in [0.15, 0.2) is 29.2 Å². The summed E-state index contributed by atoms with van der Waals surface area (Å²) in [5.74, 6) is 0. The monoisotopic (exact) mass is 355 g/mol. The van der Waals surface area contributed by atoms with Crippen molar-refractivity contribution < 1.29 is 27.2 Å². The molecular formula is C16H21NO6S. The predicted octanol–water partition coefficient (Wildman–Crippen LogP) is 2.00. The molecule has 1 aromatic rings. The largest absolute Gasteiger partial charge is 0.465 e. The molecule has 1 unspecified atom stereocenters. The second-order valence-electron chi connectivity index (χ2n) is 6.45. The van der Waals surface area contributed by atoms with Gasteiger partial charge < -0.3 is 14.7 Å². The van der Waals surface area contributed by atoms with Crippen LogP contribution in [0.5, 0.6) is 0 Å². The van der Waals surface area contributed by atoms with Crippen molar-refractivity contribution in [2.45, 2.75) is 42.8 Å². The number of carboxylic acid groups (broad SMARTS) is 1. The lowest BCUT2D eigenvalue weighted by Gasteiger charge is -2.37. The van der Waals surface area contributed by atoms with Crippen LogP contribution in [0.3, 0.4) is 0 Å². The number of rotatable bonds is 3. The van der Waals surface area contributed by atoms with Crippen LogP contribution in [-0.4, -0.2) is 55.9 Å². The van der Waals surface area contributed by atoms with E-state index in [4.69, 9.17) is 14.0 Å². The van der Waals surface area contributed by atoms with Gasteiger partial charge in [0.05, 0.1) is 17.1 Å². The second-order valence-corrected chi connectivity index (χ2v) is 8.03. The summed E-state index contributed by atoms with van der Waals surface area (Å²) in [4.78, 5) is 12.5. The van der Waals surface area contributed by atoms with E-state index in [1.165, 1.54) is 17.0 Å². The lowest BCUT2D eigenvalue weighted by molar-refractivity contribution is -0.0401. The number of hydrogen-bond donors (Lipinski definition) is 1. The van der Waals surface area contributed by atoms with Crippen LogP contribution < -0.4 is 0 Å². The van der Waals surface area contributed by atoms with E-state index in [0.29, 0.717) is 32.4 Å². The average molecular weight is 355 g/mol. The standard InChI is InChI=1S/C16H21NO6S/c1-12-2-4-14(5-3-12)24(20,21)23-13-10-16(22-11-13)6-8-17(9-7-16)15(18)19/h2-5,13H,6-11H2,1H3,(H,18,19). The topological polar surface area (TPSA) is 93.1 Å². The van der Waals surface area contributed by atoms with Gasteiger partial charge in [-0.15, -0.1) is 0 Å². The highest BCUT2D eigenvalue weighted by atomic mass is 32.2. The van der Waals surface area contributed by atoms with E-state index in [1.54, 1.807) is 12.1 Å². The van der Waals surface area contributed by atoms with Crippen LogP contribution in [0.2, 0.25) is 0 Å². The molecule has 1 spiro atoms. The van der Waals surface area contributed by atoms with Gasteiger partial charge in [0.15, 0.2) is 0 Å². The number of piperidine rings is 1. The molecule has 132 valence electrons. The Morgan fingerprint density at radius 1 is 1.29 bits per heavy atom. The van der Waals surface area contributed by atoms with Crippen molar-refractivity contribution in [3.05, 3.63) is 29.8 Å². The number of aryl methyl sites for hydroxylation is 1. The van der Waals surface area contributed by atoms with Gasteiger partial charge in [-0.05, 0) is 31.9 Å². The first-order chi connectivity index (χ1) is 11.3. The number of ether oxygens (including phenoxy) is 1. The third-order valence-electron chi connectivity index (χ3n) is 4.69. The quantitative estimate of drug-likeness (QED) is 0.834. The summed E-state index contributed by atoms with van der Waals surface area (Å²) in [6, 6.07) is 6.51. The molecule has 0 bridgehead atoms. The molecule has 1 N–H and O–H groups in total. The lowest BCUT2D eigenvalue weighted by Crippen LogP contribution is -2.46. The predicted molar refractivity (Wildman–Crippen MR) is 85.4 cm³/mol. The highest BCUT2D eigenvalue weighted by Gasteiger charge is 2.45. The van der Waals surface area contributed by atoms with Crippen LogP contribution in [0.25, 0.3) is 0 Å². The first-order valence-electron chi connectivity index (χ1n) is 7.91. The van der Waals surface area contributed by atoms with Crippen LogP contribution in [-0.2, 0) is 19.0 Å². The van der Waals surface area contributed by atoms with Crippen LogP contribution in [0, 0.1) is 6.92 Å². The van der Waals surface area contributed by atoms with Gasteiger partial charge in [-0.1, -0.05) is 17.7 Å². The molecule has 2 aliphatic heterocycles. The molecule has 1 aromatic carbocycles. The third-order valence-corrected chi connectivity index (χ3v) is 6.07. The van der Waals surface area contributed by atoms with Gasteiger partial charge in [0.2, 0.25) is 0 Å². The van der Waals surface area contributed by atoms with Crippen molar-refractivity contribution in [2.24, 2.45) is 0 Å². The van der Waals surface area contributed by atoms with E-state index in [-0.39, 0.29) is 11.5 Å². The highest BCUT2D eigenvalue weighted by Crippen LogP contribution is 2.37. The van der Waals surface area contributed by atoms with E-state index in [2.05, 4.69) is 0 Å². The molecule has 0 saturated carbocycles. The maximum Gasteiger partial charge on any atom is 0.407 e. The van der Waals surface area contributed by atoms with Crippen molar-refractivity contribution >= 4 is 16.2 Å². The minimum absolute atomic E-state index is 0.134. The minimum Gasteiger partial charge on any atom is -0.465 e. The summed E-state index contributed by atoms with van der Waals surface area (Å²) < 4.78 is 35.9. The average Bonchev–Trinajstić information content (AvgIpc) is 2.90. The van der Waals surface area contributed by atoms with E-state index < -0.39 is 27.9 Å². The summed E-state index contributed by atoms with van der Waals surface area (Å²) in [6.45, 7) is 2.88. The molecule has 0 radical (unpaired) electrons.